The molecule has 2 aromatic carbocycles. The summed E-state index contributed by atoms with van der Waals surface area (Å²) in [5.74, 6) is 1.30. The van der Waals surface area contributed by atoms with Crippen molar-refractivity contribution in [2.45, 2.75) is 44.1 Å². The van der Waals surface area contributed by atoms with Gasteiger partial charge in [-0.15, -0.1) is 0 Å². The fourth-order valence-corrected chi connectivity index (χ4v) is 4.73. The zero-order valence-electron chi connectivity index (χ0n) is 16.5. The lowest BCUT2D eigenvalue weighted by Gasteiger charge is -2.37. The fraction of sp³-hybridized carbons (Fsp3) is 0.435. The van der Waals surface area contributed by atoms with Crippen molar-refractivity contribution in [3.8, 4) is 11.5 Å². The maximum absolute atomic E-state index is 13.7. The van der Waals surface area contributed by atoms with E-state index >= 15 is 0 Å². The standard InChI is InChI=1S/C23H26FNO3/c1-27-20-13-16-9-12-25(15-17(16)14-21(20)28-2)22(26)23(10-3-4-11-23)18-5-7-19(24)8-6-18/h5-8,13-14H,3-4,9-12,15H2,1-2H3. The van der Waals surface area contributed by atoms with Gasteiger partial charge >= 0.3 is 0 Å². The number of hydrogen-bond acceptors (Lipinski definition) is 3. The molecule has 1 saturated carbocycles. The number of methoxy groups -OCH3 is 2. The number of nitrogens with zero attached hydrogens (tertiary/aromatic N) is 1. The molecular weight excluding hydrogens is 357 g/mol. The molecule has 0 unspecified atom stereocenters. The van der Waals surface area contributed by atoms with E-state index in [4.69, 9.17) is 9.47 Å². The first kappa shape index (κ1) is 18.8. The van der Waals surface area contributed by atoms with Crippen LogP contribution in [0.4, 0.5) is 4.39 Å². The van der Waals surface area contributed by atoms with Gasteiger partial charge in [0.05, 0.1) is 19.6 Å². The molecule has 2 aliphatic rings. The van der Waals surface area contributed by atoms with Gasteiger partial charge in [0.1, 0.15) is 5.82 Å². The van der Waals surface area contributed by atoms with E-state index in [0.717, 1.165) is 49.0 Å². The van der Waals surface area contributed by atoms with Gasteiger partial charge in [0.25, 0.3) is 0 Å². The van der Waals surface area contributed by atoms with Crippen molar-refractivity contribution in [3.63, 3.8) is 0 Å². The minimum absolute atomic E-state index is 0.164. The van der Waals surface area contributed by atoms with Crippen molar-refractivity contribution in [1.82, 2.24) is 4.90 Å². The first-order chi connectivity index (χ1) is 13.6. The molecule has 0 saturated heterocycles. The summed E-state index contributed by atoms with van der Waals surface area (Å²) >= 11 is 0. The largest absolute Gasteiger partial charge is 0.493 e. The average Bonchev–Trinajstić information content (AvgIpc) is 3.23. The third-order valence-corrected chi connectivity index (χ3v) is 6.27. The number of ether oxygens (including phenoxy) is 2. The highest BCUT2D eigenvalue weighted by Crippen LogP contribution is 2.44. The lowest BCUT2D eigenvalue weighted by molar-refractivity contribution is -0.138. The van der Waals surface area contributed by atoms with E-state index in [9.17, 15) is 9.18 Å². The Balaban J connectivity index is 1.64. The molecule has 4 nitrogen and oxygen atoms in total. The predicted octanol–water partition coefficient (Wildman–Crippen LogP) is 4.24. The molecule has 0 N–H and O–H groups in total. The topological polar surface area (TPSA) is 38.8 Å². The van der Waals surface area contributed by atoms with Crippen LogP contribution >= 0.6 is 0 Å². The summed E-state index contributed by atoms with van der Waals surface area (Å²) in [7, 11) is 3.26. The van der Waals surface area contributed by atoms with Gasteiger partial charge in [0, 0.05) is 13.1 Å². The Labute approximate surface area is 165 Å². The number of carbonyl (C=O) groups excluding carboxylic acids is 1. The Kier molecular flexibility index (Phi) is 5.00. The van der Waals surface area contributed by atoms with E-state index in [1.807, 2.05) is 17.0 Å². The smallest absolute Gasteiger partial charge is 0.233 e. The summed E-state index contributed by atoms with van der Waals surface area (Å²) < 4.78 is 24.3. The van der Waals surface area contributed by atoms with Gasteiger partial charge in [-0.25, -0.2) is 4.39 Å². The molecular formula is C23H26FNO3. The summed E-state index contributed by atoms with van der Waals surface area (Å²) in [6, 6.07) is 10.5. The van der Waals surface area contributed by atoms with Crippen LogP contribution in [0.3, 0.4) is 0 Å². The van der Waals surface area contributed by atoms with Gasteiger partial charge in [0.15, 0.2) is 11.5 Å². The third-order valence-electron chi connectivity index (χ3n) is 6.27. The number of fused-ring (bicyclic) bond motifs is 1. The van der Waals surface area contributed by atoms with Gasteiger partial charge in [-0.05, 0) is 60.2 Å². The molecule has 4 rings (SSSR count). The predicted molar refractivity (Wildman–Crippen MR) is 105 cm³/mol. The van der Waals surface area contributed by atoms with Gasteiger partial charge in [-0.1, -0.05) is 25.0 Å². The first-order valence-corrected chi connectivity index (χ1v) is 9.86. The maximum atomic E-state index is 13.7. The van der Waals surface area contributed by atoms with E-state index in [2.05, 4.69) is 0 Å². The van der Waals surface area contributed by atoms with E-state index in [0.29, 0.717) is 18.8 Å². The molecule has 0 radical (unpaired) electrons. The number of hydrogen-bond donors (Lipinski definition) is 0. The second-order valence-corrected chi connectivity index (χ2v) is 7.75. The molecule has 148 valence electrons. The normalized spacial score (nSPS) is 17.9. The lowest BCUT2D eigenvalue weighted by Crippen LogP contribution is -2.47. The monoisotopic (exact) mass is 383 g/mol. The van der Waals surface area contributed by atoms with Crippen molar-refractivity contribution >= 4 is 5.91 Å². The molecule has 0 atom stereocenters. The minimum Gasteiger partial charge on any atom is -0.493 e. The summed E-state index contributed by atoms with van der Waals surface area (Å²) in [4.78, 5) is 15.6. The summed E-state index contributed by atoms with van der Waals surface area (Å²) in [5, 5.41) is 0. The zero-order chi connectivity index (χ0) is 19.7. The van der Waals surface area contributed by atoms with Crippen molar-refractivity contribution in [3.05, 3.63) is 58.9 Å². The number of rotatable bonds is 4. The first-order valence-electron chi connectivity index (χ1n) is 9.86. The lowest BCUT2D eigenvalue weighted by atomic mass is 9.77. The SMILES string of the molecule is COc1cc2c(cc1OC)CN(C(=O)C1(c3ccc(F)cc3)CCCC1)CC2. The molecule has 5 heteroatoms. The summed E-state index contributed by atoms with van der Waals surface area (Å²) in [6.45, 7) is 1.25. The number of carbonyl (C=O) groups is 1. The van der Waals surface area contributed by atoms with Crippen LogP contribution in [-0.2, 0) is 23.2 Å². The van der Waals surface area contributed by atoms with Crippen LogP contribution in [0, 0.1) is 5.82 Å². The number of benzene rings is 2. The van der Waals surface area contributed by atoms with E-state index in [1.54, 1.807) is 26.4 Å². The average molecular weight is 383 g/mol. The summed E-state index contributed by atoms with van der Waals surface area (Å²) in [6.07, 6.45) is 4.50. The Morgan fingerprint density at radius 1 is 1.00 bits per heavy atom. The van der Waals surface area contributed by atoms with Crippen LogP contribution in [0.5, 0.6) is 11.5 Å². The molecule has 0 aromatic heterocycles. The molecule has 1 aliphatic heterocycles. The summed E-state index contributed by atoms with van der Waals surface area (Å²) in [5.41, 5.74) is 2.71. The van der Waals surface area contributed by atoms with Crippen LogP contribution in [0.2, 0.25) is 0 Å². The molecule has 0 bridgehead atoms. The molecule has 1 fully saturated rings. The van der Waals surface area contributed by atoms with Crippen molar-refractivity contribution in [1.29, 1.82) is 0 Å². The highest BCUT2D eigenvalue weighted by atomic mass is 19.1. The number of halogens is 1. The fourth-order valence-electron chi connectivity index (χ4n) is 4.73. The van der Waals surface area contributed by atoms with Gasteiger partial charge < -0.3 is 14.4 Å². The van der Waals surface area contributed by atoms with Gasteiger partial charge in [0.2, 0.25) is 5.91 Å². The molecule has 1 amide bonds. The highest BCUT2D eigenvalue weighted by molar-refractivity contribution is 5.89. The molecule has 28 heavy (non-hydrogen) atoms. The van der Waals surface area contributed by atoms with Crippen molar-refractivity contribution in [2.24, 2.45) is 0 Å². The molecule has 1 heterocycles. The Morgan fingerprint density at radius 3 is 2.21 bits per heavy atom. The van der Waals surface area contributed by atoms with Crippen molar-refractivity contribution < 1.29 is 18.7 Å². The van der Waals surface area contributed by atoms with Crippen LogP contribution in [0.15, 0.2) is 36.4 Å². The Bertz CT molecular complexity index is 872. The maximum Gasteiger partial charge on any atom is 0.233 e. The quantitative estimate of drug-likeness (QED) is 0.793. The second kappa shape index (κ2) is 7.46. The Hall–Kier alpha value is -2.56. The zero-order valence-corrected chi connectivity index (χ0v) is 16.5. The van der Waals surface area contributed by atoms with Crippen molar-refractivity contribution in [2.75, 3.05) is 20.8 Å². The molecule has 2 aromatic rings. The minimum atomic E-state index is -0.526. The van der Waals surface area contributed by atoms with Gasteiger partial charge in [-0.2, -0.15) is 0 Å². The van der Waals surface area contributed by atoms with Crippen LogP contribution in [-0.4, -0.2) is 31.6 Å². The number of amides is 1. The van der Waals surface area contributed by atoms with E-state index < -0.39 is 5.41 Å². The van der Waals surface area contributed by atoms with E-state index in [1.165, 1.54) is 17.7 Å². The van der Waals surface area contributed by atoms with Crippen LogP contribution in [0.1, 0.15) is 42.4 Å². The third kappa shape index (κ3) is 3.13. The van der Waals surface area contributed by atoms with Crippen LogP contribution < -0.4 is 9.47 Å². The van der Waals surface area contributed by atoms with Gasteiger partial charge in [-0.3, -0.25) is 4.79 Å². The van der Waals surface area contributed by atoms with Crippen LogP contribution in [0.25, 0.3) is 0 Å². The molecule has 0 spiro atoms. The highest BCUT2D eigenvalue weighted by Gasteiger charge is 2.45. The molecule has 1 aliphatic carbocycles. The second-order valence-electron chi connectivity index (χ2n) is 7.75. The Morgan fingerprint density at radius 2 is 1.61 bits per heavy atom. The van der Waals surface area contributed by atoms with E-state index in [-0.39, 0.29) is 11.7 Å².